The van der Waals surface area contributed by atoms with Crippen molar-refractivity contribution in [3.05, 3.63) is 114 Å². The molecule has 3 amide bonds. The Morgan fingerprint density at radius 3 is 2.37 bits per heavy atom. The Morgan fingerprint density at radius 2 is 1.58 bits per heavy atom. The Balaban J connectivity index is 1.31. The van der Waals surface area contributed by atoms with E-state index in [1.807, 2.05) is 42.5 Å². The Morgan fingerprint density at radius 1 is 0.860 bits per heavy atom. The van der Waals surface area contributed by atoms with E-state index < -0.39 is 12.2 Å². The van der Waals surface area contributed by atoms with Gasteiger partial charge < -0.3 is 14.9 Å². The van der Waals surface area contributed by atoms with Crippen molar-refractivity contribution in [2.45, 2.75) is 44.4 Å². The number of aromatic hydroxyl groups is 1. The minimum Gasteiger partial charge on any atom is -0.508 e. The maximum absolute atomic E-state index is 14.2. The van der Waals surface area contributed by atoms with E-state index in [-0.39, 0.29) is 43.0 Å². The van der Waals surface area contributed by atoms with Crippen molar-refractivity contribution in [3.63, 3.8) is 0 Å². The Labute approximate surface area is 251 Å². The van der Waals surface area contributed by atoms with Crippen molar-refractivity contribution in [1.29, 1.82) is 0 Å². The van der Waals surface area contributed by atoms with Gasteiger partial charge in [-0.2, -0.15) is 0 Å². The lowest BCUT2D eigenvalue weighted by molar-refractivity contribution is -0.203. The first kappa shape index (κ1) is 28.4. The van der Waals surface area contributed by atoms with Crippen LogP contribution in [0.5, 0.6) is 5.75 Å². The lowest BCUT2D eigenvalue weighted by Gasteiger charge is -2.54. The summed E-state index contributed by atoms with van der Waals surface area (Å²) < 4.78 is 0. The summed E-state index contributed by atoms with van der Waals surface area (Å²) in [5.41, 5.74) is 3.02. The number of hydrogen-bond donors (Lipinski definition) is 1. The molecule has 1 N–H and O–H groups in total. The van der Waals surface area contributed by atoms with Gasteiger partial charge in [0, 0.05) is 26.4 Å². The molecular formula is C35H36N4O4. The highest BCUT2D eigenvalue weighted by Gasteiger charge is 2.50. The van der Waals surface area contributed by atoms with Crippen molar-refractivity contribution >= 4 is 28.5 Å². The topological polar surface area (TPSA) is 84.4 Å². The van der Waals surface area contributed by atoms with Crippen LogP contribution in [0.15, 0.2) is 97.1 Å². The number of phenolic OH excluding ortho intramolecular Hbond substituents is 1. The van der Waals surface area contributed by atoms with Gasteiger partial charge in [-0.3, -0.25) is 19.4 Å². The number of hydrazine groups is 1. The molecule has 1 unspecified atom stereocenters. The van der Waals surface area contributed by atoms with E-state index in [9.17, 15) is 19.5 Å². The highest BCUT2D eigenvalue weighted by atomic mass is 16.3. The van der Waals surface area contributed by atoms with Gasteiger partial charge in [-0.1, -0.05) is 84.9 Å². The van der Waals surface area contributed by atoms with Gasteiger partial charge in [0.15, 0.2) is 0 Å². The molecule has 0 aliphatic carbocycles. The van der Waals surface area contributed by atoms with Crippen molar-refractivity contribution in [2.24, 2.45) is 0 Å². The molecule has 220 valence electrons. The molecule has 0 saturated carbocycles. The minimum absolute atomic E-state index is 0.0175. The molecule has 4 aromatic carbocycles. The van der Waals surface area contributed by atoms with Crippen molar-refractivity contribution in [1.82, 2.24) is 19.8 Å². The average molecular weight is 577 g/mol. The minimum atomic E-state index is -0.779. The van der Waals surface area contributed by atoms with Crippen LogP contribution in [-0.4, -0.2) is 75.0 Å². The molecule has 0 radical (unpaired) electrons. The van der Waals surface area contributed by atoms with Crippen LogP contribution in [0.25, 0.3) is 10.8 Å². The van der Waals surface area contributed by atoms with Crippen LogP contribution < -0.4 is 0 Å². The number of nitrogens with zero attached hydrogens (tertiary/aromatic N) is 4. The number of rotatable bonds is 8. The van der Waals surface area contributed by atoms with Crippen LogP contribution >= 0.6 is 0 Å². The van der Waals surface area contributed by atoms with Crippen LogP contribution in [0.2, 0.25) is 0 Å². The fourth-order valence-corrected chi connectivity index (χ4v) is 6.41. The molecule has 8 nitrogen and oxygen atoms in total. The summed E-state index contributed by atoms with van der Waals surface area (Å²) in [6.45, 7) is 0.600. The number of phenols is 1. The predicted molar refractivity (Wildman–Crippen MR) is 164 cm³/mol. The summed E-state index contributed by atoms with van der Waals surface area (Å²) in [4.78, 5) is 45.0. The first-order valence-electron chi connectivity index (χ1n) is 14.8. The summed E-state index contributed by atoms with van der Waals surface area (Å²) in [6.07, 6.45) is 1.46. The highest BCUT2D eigenvalue weighted by Crippen LogP contribution is 2.30. The fraction of sp³-hybridized carbons (Fsp3) is 0.286. The van der Waals surface area contributed by atoms with Crippen molar-refractivity contribution in [3.8, 4) is 5.75 Å². The molecule has 4 aromatic rings. The van der Waals surface area contributed by atoms with Gasteiger partial charge in [0.2, 0.25) is 17.7 Å². The van der Waals surface area contributed by atoms with Crippen molar-refractivity contribution < 1.29 is 19.5 Å². The molecule has 43 heavy (non-hydrogen) atoms. The third-order valence-corrected chi connectivity index (χ3v) is 8.50. The summed E-state index contributed by atoms with van der Waals surface area (Å²) in [5, 5.41) is 15.4. The molecule has 2 aliphatic rings. The zero-order valence-electron chi connectivity index (χ0n) is 24.3. The Hall–Kier alpha value is -4.69. The SMILES string of the molecule is CN1CC(=O)N2C(CN(Cc3cccc4ccccc34)C(=O)[C@@H]2Cc2ccc(O)cc2)N1C(=O)CCCc1ccccc1. The first-order valence-corrected chi connectivity index (χ1v) is 14.8. The number of likely N-dealkylation sites (N-methyl/N-ethyl adjacent to an activating group) is 1. The van der Waals surface area contributed by atoms with Crippen LogP contribution in [0.1, 0.15) is 29.5 Å². The smallest absolute Gasteiger partial charge is 0.246 e. The van der Waals surface area contributed by atoms with Gasteiger partial charge in [0.25, 0.3) is 0 Å². The van der Waals surface area contributed by atoms with E-state index in [0.717, 1.165) is 28.3 Å². The highest BCUT2D eigenvalue weighted by molar-refractivity contribution is 5.92. The van der Waals surface area contributed by atoms with Gasteiger partial charge in [0.1, 0.15) is 18.0 Å². The summed E-state index contributed by atoms with van der Waals surface area (Å²) in [5.74, 6) is -0.254. The van der Waals surface area contributed by atoms with Crippen LogP contribution in [0, 0.1) is 0 Å². The molecule has 0 bridgehead atoms. The summed E-state index contributed by atoms with van der Waals surface area (Å²) >= 11 is 0. The van der Waals surface area contributed by atoms with E-state index in [1.165, 1.54) is 5.56 Å². The zero-order chi connectivity index (χ0) is 29.9. The number of benzene rings is 4. The monoisotopic (exact) mass is 576 g/mol. The summed E-state index contributed by atoms with van der Waals surface area (Å²) in [6, 6.07) is 30.2. The number of amides is 3. The molecule has 8 heteroatoms. The molecule has 0 spiro atoms. The van der Waals surface area contributed by atoms with Gasteiger partial charge in [-0.05, 0) is 52.4 Å². The number of fused-ring (bicyclic) bond motifs is 2. The second-order valence-electron chi connectivity index (χ2n) is 11.4. The molecule has 6 rings (SSSR count). The Kier molecular flexibility index (Phi) is 8.11. The normalized spacial score (nSPS) is 19.1. The van der Waals surface area contributed by atoms with Crippen LogP contribution in [0.4, 0.5) is 0 Å². The van der Waals surface area contributed by atoms with Gasteiger partial charge >= 0.3 is 0 Å². The molecule has 2 atom stereocenters. The third-order valence-electron chi connectivity index (χ3n) is 8.50. The quantitative estimate of drug-likeness (QED) is 0.337. The molecule has 0 aromatic heterocycles. The second kappa shape index (κ2) is 12.3. The van der Waals surface area contributed by atoms with E-state index >= 15 is 0 Å². The maximum atomic E-state index is 14.2. The van der Waals surface area contributed by atoms with E-state index in [1.54, 1.807) is 51.1 Å². The number of carbonyl (C=O) groups excluding carboxylic acids is 3. The summed E-state index contributed by atoms with van der Waals surface area (Å²) in [7, 11) is 1.77. The fourth-order valence-electron chi connectivity index (χ4n) is 6.41. The number of carbonyl (C=O) groups is 3. The van der Waals surface area contributed by atoms with Gasteiger partial charge in [-0.15, -0.1) is 0 Å². The first-order chi connectivity index (χ1) is 20.9. The molecule has 2 heterocycles. The lowest BCUT2D eigenvalue weighted by atomic mass is 9.97. The molecular weight excluding hydrogens is 540 g/mol. The van der Waals surface area contributed by atoms with Crippen LogP contribution in [-0.2, 0) is 33.8 Å². The maximum Gasteiger partial charge on any atom is 0.246 e. The van der Waals surface area contributed by atoms with Gasteiger partial charge in [-0.25, -0.2) is 5.01 Å². The van der Waals surface area contributed by atoms with E-state index in [0.29, 0.717) is 19.4 Å². The molecule has 2 fully saturated rings. The average Bonchev–Trinajstić information content (AvgIpc) is 3.01. The number of hydrogen-bond acceptors (Lipinski definition) is 5. The number of piperazine rings is 1. The molecule has 2 saturated heterocycles. The molecule has 2 aliphatic heterocycles. The van der Waals surface area contributed by atoms with E-state index in [4.69, 9.17) is 0 Å². The van der Waals surface area contributed by atoms with Crippen LogP contribution in [0.3, 0.4) is 0 Å². The van der Waals surface area contributed by atoms with Gasteiger partial charge in [0.05, 0.1) is 13.1 Å². The third kappa shape index (κ3) is 5.96. The zero-order valence-corrected chi connectivity index (χ0v) is 24.3. The largest absolute Gasteiger partial charge is 0.508 e. The Bertz CT molecular complexity index is 1620. The van der Waals surface area contributed by atoms with Crippen molar-refractivity contribution in [2.75, 3.05) is 20.1 Å². The standard InChI is InChI=1S/C35H36N4O4/c1-36-24-34(42)38-31(21-26-17-19-29(40)20-18-26)35(43)37(22-28-14-8-13-27-12-5-6-15-30(27)28)23-32(38)39(36)33(41)16-7-11-25-9-3-2-4-10-25/h2-6,8-10,12-15,17-20,31-32,40H,7,11,16,21-24H2,1H3/t31-,32?/m0/s1. The number of aryl methyl sites for hydroxylation is 1. The lowest BCUT2D eigenvalue weighted by Crippen LogP contribution is -2.75. The van der Waals surface area contributed by atoms with E-state index in [2.05, 4.69) is 30.3 Å². The second-order valence-corrected chi connectivity index (χ2v) is 11.4. The predicted octanol–water partition coefficient (Wildman–Crippen LogP) is 4.37.